The predicted molar refractivity (Wildman–Crippen MR) is 79.0 cm³/mol. The van der Waals surface area contributed by atoms with Crippen LogP contribution in [0.15, 0.2) is 18.2 Å². The van der Waals surface area contributed by atoms with Gasteiger partial charge in [0.15, 0.2) is 5.01 Å². The zero-order valence-electron chi connectivity index (χ0n) is 11.1. The van der Waals surface area contributed by atoms with E-state index in [1.807, 2.05) is 19.2 Å². The number of nitrogens with zero attached hydrogens (tertiary/aromatic N) is 2. The Bertz CT molecular complexity index is 555. The number of aromatic nitrogens is 2. The Hall–Kier alpha value is -1.17. The number of ether oxygens (including phenoxy) is 1. The highest BCUT2D eigenvalue weighted by molar-refractivity contribution is 7.14. The first kappa shape index (κ1) is 14.2. The summed E-state index contributed by atoms with van der Waals surface area (Å²) in [6, 6.07) is 5.76. The maximum Gasteiger partial charge on any atom is 0.151 e. The lowest BCUT2D eigenvalue weighted by atomic mass is 10.2. The van der Waals surface area contributed by atoms with E-state index in [0.717, 1.165) is 22.0 Å². The van der Waals surface area contributed by atoms with Crippen LogP contribution in [0.1, 0.15) is 24.4 Å². The van der Waals surface area contributed by atoms with Crippen molar-refractivity contribution in [1.29, 1.82) is 0 Å². The molecule has 0 saturated carbocycles. The van der Waals surface area contributed by atoms with Gasteiger partial charge in [-0.25, -0.2) is 0 Å². The first-order valence-electron chi connectivity index (χ1n) is 6.04. The van der Waals surface area contributed by atoms with Crippen molar-refractivity contribution in [2.45, 2.75) is 19.4 Å². The van der Waals surface area contributed by atoms with Crippen molar-refractivity contribution in [1.82, 2.24) is 15.5 Å². The average Bonchev–Trinajstić information content (AvgIpc) is 2.89. The van der Waals surface area contributed by atoms with Crippen LogP contribution in [-0.4, -0.2) is 24.4 Å². The standard InChI is InChI=1S/C13H16ClN3OS/c1-4-10(15-2)13-17-16-12(19-13)9-6-5-8(14)7-11(9)18-3/h5-7,10,15H,4H2,1-3H3. The lowest BCUT2D eigenvalue weighted by molar-refractivity contribution is 0.416. The second-order valence-corrected chi connectivity index (χ2v) is 5.49. The molecule has 0 spiro atoms. The van der Waals surface area contributed by atoms with Crippen LogP contribution in [0.3, 0.4) is 0 Å². The van der Waals surface area contributed by atoms with Gasteiger partial charge in [-0.1, -0.05) is 29.9 Å². The molecule has 1 atom stereocenters. The van der Waals surface area contributed by atoms with Gasteiger partial charge in [0.25, 0.3) is 0 Å². The molecule has 19 heavy (non-hydrogen) atoms. The minimum Gasteiger partial charge on any atom is -0.496 e. The average molecular weight is 298 g/mol. The first-order chi connectivity index (χ1) is 9.19. The number of nitrogens with one attached hydrogen (secondary N) is 1. The fraction of sp³-hybridized carbons (Fsp3) is 0.385. The van der Waals surface area contributed by atoms with Crippen molar-refractivity contribution in [2.75, 3.05) is 14.2 Å². The molecule has 1 heterocycles. The van der Waals surface area contributed by atoms with Crippen LogP contribution < -0.4 is 10.1 Å². The lowest BCUT2D eigenvalue weighted by Gasteiger charge is -2.08. The Morgan fingerprint density at radius 1 is 1.42 bits per heavy atom. The maximum absolute atomic E-state index is 5.96. The summed E-state index contributed by atoms with van der Waals surface area (Å²) >= 11 is 7.53. The minimum absolute atomic E-state index is 0.240. The van der Waals surface area contributed by atoms with Crippen molar-refractivity contribution in [3.8, 4) is 16.3 Å². The molecule has 0 radical (unpaired) electrons. The van der Waals surface area contributed by atoms with E-state index in [9.17, 15) is 0 Å². The molecule has 1 unspecified atom stereocenters. The number of methoxy groups -OCH3 is 1. The summed E-state index contributed by atoms with van der Waals surface area (Å²) in [5, 5.41) is 14.2. The molecule has 2 rings (SSSR count). The van der Waals surface area contributed by atoms with Gasteiger partial charge in [0, 0.05) is 5.02 Å². The monoisotopic (exact) mass is 297 g/mol. The van der Waals surface area contributed by atoms with Gasteiger partial charge in [0.1, 0.15) is 10.8 Å². The highest BCUT2D eigenvalue weighted by Gasteiger charge is 2.16. The number of rotatable bonds is 5. The quantitative estimate of drug-likeness (QED) is 0.917. The van der Waals surface area contributed by atoms with E-state index in [1.54, 1.807) is 24.5 Å². The fourth-order valence-corrected chi connectivity index (χ4v) is 3.06. The zero-order chi connectivity index (χ0) is 13.8. The molecule has 0 aliphatic rings. The van der Waals surface area contributed by atoms with Crippen molar-refractivity contribution in [3.63, 3.8) is 0 Å². The molecule has 2 aromatic rings. The van der Waals surface area contributed by atoms with E-state index >= 15 is 0 Å². The van der Waals surface area contributed by atoms with Gasteiger partial charge in [-0.15, -0.1) is 10.2 Å². The highest BCUT2D eigenvalue weighted by Crippen LogP contribution is 2.35. The topological polar surface area (TPSA) is 47.0 Å². The third-order valence-electron chi connectivity index (χ3n) is 2.89. The second kappa shape index (κ2) is 6.32. The number of benzene rings is 1. The normalized spacial score (nSPS) is 12.4. The Morgan fingerprint density at radius 2 is 2.21 bits per heavy atom. The molecular weight excluding hydrogens is 282 g/mol. The molecular formula is C13H16ClN3OS. The predicted octanol–water partition coefficient (Wildman–Crippen LogP) is 3.54. The Kier molecular flexibility index (Phi) is 4.74. The molecule has 1 aromatic carbocycles. The van der Waals surface area contributed by atoms with E-state index < -0.39 is 0 Å². The Balaban J connectivity index is 2.37. The molecule has 1 aromatic heterocycles. The van der Waals surface area contributed by atoms with Crippen LogP contribution in [0.5, 0.6) is 5.75 Å². The molecule has 0 aliphatic carbocycles. The van der Waals surface area contributed by atoms with Crippen LogP contribution in [0.2, 0.25) is 5.02 Å². The van der Waals surface area contributed by atoms with Gasteiger partial charge >= 0.3 is 0 Å². The maximum atomic E-state index is 5.96. The Labute approximate surface area is 121 Å². The van der Waals surface area contributed by atoms with E-state index in [1.165, 1.54) is 0 Å². The third-order valence-corrected chi connectivity index (χ3v) is 4.19. The summed E-state index contributed by atoms with van der Waals surface area (Å²) in [4.78, 5) is 0. The molecule has 102 valence electrons. The van der Waals surface area contributed by atoms with Gasteiger partial charge in [-0.3, -0.25) is 0 Å². The number of hydrogen-bond donors (Lipinski definition) is 1. The second-order valence-electron chi connectivity index (χ2n) is 4.04. The first-order valence-corrected chi connectivity index (χ1v) is 7.23. The van der Waals surface area contributed by atoms with E-state index in [-0.39, 0.29) is 6.04 Å². The van der Waals surface area contributed by atoms with Crippen molar-refractivity contribution in [3.05, 3.63) is 28.2 Å². The van der Waals surface area contributed by atoms with Gasteiger partial charge in [0.2, 0.25) is 0 Å². The molecule has 1 N–H and O–H groups in total. The molecule has 0 amide bonds. The number of hydrogen-bond acceptors (Lipinski definition) is 5. The van der Waals surface area contributed by atoms with Crippen LogP contribution in [0, 0.1) is 0 Å². The van der Waals surface area contributed by atoms with Crippen LogP contribution in [0.4, 0.5) is 0 Å². The molecule has 0 saturated heterocycles. The third kappa shape index (κ3) is 3.05. The molecule has 0 aliphatic heterocycles. The number of halogens is 1. The molecule has 0 bridgehead atoms. The summed E-state index contributed by atoms with van der Waals surface area (Å²) < 4.78 is 5.34. The van der Waals surface area contributed by atoms with Crippen molar-refractivity contribution >= 4 is 22.9 Å². The smallest absolute Gasteiger partial charge is 0.151 e. The SMILES string of the molecule is CCC(NC)c1nnc(-c2ccc(Cl)cc2OC)s1. The van der Waals surface area contributed by atoms with Crippen LogP contribution in [-0.2, 0) is 0 Å². The summed E-state index contributed by atoms with van der Waals surface area (Å²) in [5.41, 5.74) is 0.918. The fourth-order valence-electron chi connectivity index (χ4n) is 1.83. The van der Waals surface area contributed by atoms with Gasteiger partial charge in [-0.05, 0) is 31.7 Å². The minimum atomic E-state index is 0.240. The summed E-state index contributed by atoms with van der Waals surface area (Å²) in [7, 11) is 3.55. The van der Waals surface area contributed by atoms with E-state index in [2.05, 4.69) is 22.4 Å². The van der Waals surface area contributed by atoms with Gasteiger partial charge in [0.05, 0.1) is 18.7 Å². The Morgan fingerprint density at radius 3 is 2.84 bits per heavy atom. The molecule has 6 heteroatoms. The molecule has 0 fully saturated rings. The highest BCUT2D eigenvalue weighted by atomic mass is 35.5. The van der Waals surface area contributed by atoms with Crippen molar-refractivity contribution in [2.24, 2.45) is 0 Å². The van der Waals surface area contributed by atoms with E-state index in [0.29, 0.717) is 10.8 Å². The van der Waals surface area contributed by atoms with Gasteiger partial charge in [-0.2, -0.15) is 0 Å². The largest absolute Gasteiger partial charge is 0.496 e. The van der Waals surface area contributed by atoms with Crippen LogP contribution in [0.25, 0.3) is 10.6 Å². The van der Waals surface area contributed by atoms with Gasteiger partial charge < -0.3 is 10.1 Å². The van der Waals surface area contributed by atoms with Crippen molar-refractivity contribution < 1.29 is 4.74 Å². The zero-order valence-corrected chi connectivity index (χ0v) is 12.7. The summed E-state index contributed by atoms with van der Waals surface area (Å²) in [6.07, 6.45) is 0.975. The van der Waals surface area contributed by atoms with E-state index in [4.69, 9.17) is 16.3 Å². The van der Waals surface area contributed by atoms with Crippen LogP contribution >= 0.6 is 22.9 Å². The summed E-state index contributed by atoms with van der Waals surface area (Å²) in [6.45, 7) is 2.12. The summed E-state index contributed by atoms with van der Waals surface area (Å²) in [5.74, 6) is 0.715. The lowest BCUT2D eigenvalue weighted by Crippen LogP contribution is -2.14. The molecule has 4 nitrogen and oxygen atoms in total.